The summed E-state index contributed by atoms with van der Waals surface area (Å²) in [7, 11) is 0. The van der Waals surface area contributed by atoms with Gasteiger partial charge < -0.3 is 16.0 Å². The smallest absolute Gasteiger partial charge is 0.239 e. The van der Waals surface area contributed by atoms with Crippen molar-refractivity contribution in [3.05, 3.63) is 0 Å². The first kappa shape index (κ1) is 17.0. The highest BCUT2D eigenvalue weighted by Crippen LogP contribution is 2.18. The standard InChI is InChI=1S/C15H29N3O2/c1-3-5-9-17-14(19)12-7-10-18(11-8-12)15(20)13(16)6-4-2/h12-13H,3-11,16H2,1-2H3,(H,17,19). The Balaban J connectivity index is 2.32. The second-order valence-electron chi connectivity index (χ2n) is 5.64. The number of hydrogen-bond donors (Lipinski definition) is 2. The molecule has 5 nitrogen and oxygen atoms in total. The Labute approximate surface area is 122 Å². The molecule has 20 heavy (non-hydrogen) atoms. The minimum atomic E-state index is -0.380. The maximum atomic E-state index is 12.1. The highest BCUT2D eigenvalue weighted by molar-refractivity contribution is 5.82. The van der Waals surface area contributed by atoms with E-state index in [9.17, 15) is 9.59 Å². The fourth-order valence-corrected chi connectivity index (χ4v) is 2.56. The summed E-state index contributed by atoms with van der Waals surface area (Å²) < 4.78 is 0. The van der Waals surface area contributed by atoms with Crippen molar-refractivity contribution in [3.8, 4) is 0 Å². The number of piperidine rings is 1. The largest absolute Gasteiger partial charge is 0.356 e. The molecule has 0 saturated carbocycles. The fraction of sp³-hybridized carbons (Fsp3) is 0.867. The van der Waals surface area contributed by atoms with Crippen LogP contribution in [-0.4, -0.2) is 42.4 Å². The number of carbonyl (C=O) groups is 2. The zero-order chi connectivity index (χ0) is 15.0. The van der Waals surface area contributed by atoms with Crippen LogP contribution in [0.25, 0.3) is 0 Å². The molecule has 5 heteroatoms. The Kier molecular flexibility index (Phi) is 7.59. The Morgan fingerprint density at radius 2 is 1.90 bits per heavy atom. The van der Waals surface area contributed by atoms with Gasteiger partial charge in [-0.05, 0) is 25.7 Å². The van der Waals surface area contributed by atoms with Crippen molar-refractivity contribution in [2.24, 2.45) is 11.7 Å². The summed E-state index contributed by atoms with van der Waals surface area (Å²) >= 11 is 0. The zero-order valence-electron chi connectivity index (χ0n) is 12.9. The lowest BCUT2D eigenvalue weighted by Gasteiger charge is -2.33. The lowest BCUT2D eigenvalue weighted by atomic mass is 9.95. The van der Waals surface area contributed by atoms with Crippen molar-refractivity contribution in [2.45, 2.75) is 58.4 Å². The van der Waals surface area contributed by atoms with Crippen LogP contribution in [0.2, 0.25) is 0 Å². The molecule has 1 fully saturated rings. The van der Waals surface area contributed by atoms with E-state index >= 15 is 0 Å². The van der Waals surface area contributed by atoms with Crippen molar-refractivity contribution in [3.63, 3.8) is 0 Å². The van der Waals surface area contributed by atoms with Gasteiger partial charge in [-0.25, -0.2) is 0 Å². The molecule has 1 rings (SSSR count). The Morgan fingerprint density at radius 3 is 2.45 bits per heavy atom. The highest BCUT2D eigenvalue weighted by atomic mass is 16.2. The van der Waals surface area contributed by atoms with Crippen LogP contribution in [0.4, 0.5) is 0 Å². The number of rotatable bonds is 7. The number of unbranched alkanes of at least 4 members (excludes halogenated alkanes) is 1. The van der Waals surface area contributed by atoms with Gasteiger partial charge in [0.2, 0.25) is 11.8 Å². The molecule has 3 N–H and O–H groups in total. The molecular weight excluding hydrogens is 254 g/mol. The number of nitrogens with one attached hydrogen (secondary N) is 1. The number of carbonyl (C=O) groups excluding carboxylic acids is 2. The Morgan fingerprint density at radius 1 is 1.25 bits per heavy atom. The first-order valence-corrected chi connectivity index (χ1v) is 7.92. The Bertz CT molecular complexity index is 312. The molecule has 0 spiro atoms. The van der Waals surface area contributed by atoms with Crippen LogP contribution in [0.3, 0.4) is 0 Å². The van der Waals surface area contributed by atoms with Gasteiger partial charge in [-0.3, -0.25) is 9.59 Å². The summed E-state index contributed by atoms with van der Waals surface area (Å²) in [6.45, 7) is 6.20. The van der Waals surface area contributed by atoms with Gasteiger partial charge in [0, 0.05) is 25.6 Å². The van der Waals surface area contributed by atoms with E-state index in [2.05, 4.69) is 12.2 Å². The van der Waals surface area contributed by atoms with E-state index in [1.54, 1.807) is 0 Å². The zero-order valence-corrected chi connectivity index (χ0v) is 12.9. The second-order valence-corrected chi connectivity index (χ2v) is 5.64. The SMILES string of the molecule is CCCCNC(=O)C1CCN(C(=O)C(N)CCC)CC1. The van der Waals surface area contributed by atoms with Crippen molar-refractivity contribution in [1.29, 1.82) is 0 Å². The van der Waals surface area contributed by atoms with Gasteiger partial charge in [-0.15, -0.1) is 0 Å². The summed E-state index contributed by atoms with van der Waals surface area (Å²) in [5.41, 5.74) is 5.86. The van der Waals surface area contributed by atoms with Gasteiger partial charge in [-0.1, -0.05) is 26.7 Å². The summed E-state index contributed by atoms with van der Waals surface area (Å²) in [6, 6.07) is -0.380. The van der Waals surface area contributed by atoms with Crippen molar-refractivity contribution in [2.75, 3.05) is 19.6 Å². The molecule has 0 aromatic carbocycles. The molecule has 0 radical (unpaired) electrons. The second kappa shape index (κ2) is 8.95. The van der Waals surface area contributed by atoms with Crippen LogP contribution in [0.5, 0.6) is 0 Å². The first-order valence-electron chi connectivity index (χ1n) is 7.92. The summed E-state index contributed by atoms with van der Waals surface area (Å²) in [5.74, 6) is 0.235. The molecule has 1 saturated heterocycles. The molecule has 2 amide bonds. The molecule has 116 valence electrons. The van der Waals surface area contributed by atoms with Crippen LogP contribution in [0.15, 0.2) is 0 Å². The molecule has 1 aliphatic rings. The third-order valence-corrected chi connectivity index (χ3v) is 3.92. The molecule has 0 bridgehead atoms. The minimum Gasteiger partial charge on any atom is -0.356 e. The van der Waals surface area contributed by atoms with Crippen molar-refractivity contribution >= 4 is 11.8 Å². The number of likely N-dealkylation sites (tertiary alicyclic amines) is 1. The van der Waals surface area contributed by atoms with E-state index in [-0.39, 0.29) is 23.8 Å². The van der Waals surface area contributed by atoms with Gasteiger partial charge in [0.25, 0.3) is 0 Å². The molecule has 1 aliphatic heterocycles. The minimum absolute atomic E-state index is 0.0386. The first-order chi connectivity index (χ1) is 9.60. The maximum absolute atomic E-state index is 12.1. The topological polar surface area (TPSA) is 75.4 Å². The molecule has 1 unspecified atom stereocenters. The van der Waals surface area contributed by atoms with E-state index in [1.165, 1.54) is 0 Å². The number of nitrogens with zero attached hydrogens (tertiary/aromatic N) is 1. The number of hydrogen-bond acceptors (Lipinski definition) is 3. The van der Waals surface area contributed by atoms with Gasteiger partial charge >= 0.3 is 0 Å². The Hall–Kier alpha value is -1.10. The van der Waals surface area contributed by atoms with Crippen molar-refractivity contribution < 1.29 is 9.59 Å². The van der Waals surface area contributed by atoms with E-state index in [0.717, 1.165) is 45.1 Å². The van der Waals surface area contributed by atoms with Crippen LogP contribution < -0.4 is 11.1 Å². The quantitative estimate of drug-likeness (QED) is 0.691. The molecule has 1 atom stereocenters. The lowest BCUT2D eigenvalue weighted by molar-refractivity contribution is -0.136. The fourth-order valence-electron chi connectivity index (χ4n) is 2.56. The van der Waals surface area contributed by atoms with E-state index in [1.807, 2.05) is 11.8 Å². The van der Waals surface area contributed by atoms with Crippen LogP contribution >= 0.6 is 0 Å². The van der Waals surface area contributed by atoms with Gasteiger partial charge in [0.15, 0.2) is 0 Å². The molecule has 0 aromatic heterocycles. The molecule has 1 heterocycles. The van der Waals surface area contributed by atoms with Crippen molar-refractivity contribution in [1.82, 2.24) is 10.2 Å². The predicted octanol–water partition coefficient (Wildman–Crippen LogP) is 1.27. The van der Waals surface area contributed by atoms with Crippen LogP contribution in [0.1, 0.15) is 52.4 Å². The van der Waals surface area contributed by atoms with E-state index < -0.39 is 0 Å². The maximum Gasteiger partial charge on any atom is 0.239 e. The average molecular weight is 283 g/mol. The normalized spacial score (nSPS) is 17.9. The van der Waals surface area contributed by atoms with Crippen LogP contribution in [-0.2, 0) is 9.59 Å². The van der Waals surface area contributed by atoms with Gasteiger partial charge in [-0.2, -0.15) is 0 Å². The van der Waals surface area contributed by atoms with Gasteiger partial charge in [0.05, 0.1) is 6.04 Å². The molecular formula is C15H29N3O2. The molecule has 0 aromatic rings. The summed E-state index contributed by atoms with van der Waals surface area (Å²) in [5, 5.41) is 2.97. The average Bonchev–Trinajstić information content (AvgIpc) is 2.47. The van der Waals surface area contributed by atoms with E-state index in [4.69, 9.17) is 5.73 Å². The number of nitrogens with two attached hydrogens (primary N) is 1. The predicted molar refractivity (Wildman–Crippen MR) is 80.1 cm³/mol. The van der Waals surface area contributed by atoms with Crippen LogP contribution in [0, 0.1) is 5.92 Å². The number of amides is 2. The van der Waals surface area contributed by atoms with Gasteiger partial charge in [0.1, 0.15) is 0 Å². The third kappa shape index (κ3) is 5.12. The molecule has 0 aliphatic carbocycles. The summed E-state index contributed by atoms with van der Waals surface area (Å²) in [4.78, 5) is 25.8. The highest BCUT2D eigenvalue weighted by Gasteiger charge is 2.28. The lowest BCUT2D eigenvalue weighted by Crippen LogP contribution is -2.48. The monoisotopic (exact) mass is 283 g/mol. The third-order valence-electron chi connectivity index (χ3n) is 3.92. The van der Waals surface area contributed by atoms with E-state index in [0.29, 0.717) is 13.1 Å². The summed E-state index contributed by atoms with van der Waals surface area (Å²) in [6.07, 6.45) is 5.27.